The summed E-state index contributed by atoms with van der Waals surface area (Å²) >= 11 is 0. The van der Waals surface area contributed by atoms with Gasteiger partial charge in [-0.3, -0.25) is 0 Å². The maximum atomic E-state index is 10.7. The summed E-state index contributed by atoms with van der Waals surface area (Å²) in [6.45, 7) is 0.816. The number of hydrogen-bond donors (Lipinski definition) is 1. The first-order valence-electron chi connectivity index (χ1n) is 3.74. The quantitative estimate of drug-likeness (QED) is 0.443. The molecular weight excluding hydrogens is 142 g/mol. The predicted molar refractivity (Wildman–Crippen MR) is 42.2 cm³/mol. The average molecular weight is 156 g/mol. The minimum atomic E-state index is -0.695. The molecule has 62 valence electrons. The van der Waals surface area contributed by atoms with Crippen molar-refractivity contribution in [1.29, 1.82) is 0 Å². The molecule has 0 unspecified atom stereocenters. The highest BCUT2D eigenvalue weighted by Crippen LogP contribution is 2.16. The summed E-state index contributed by atoms with van der Waals surface area (Å²) in [5.74, 6) is -0.695. The molecule has 1 aliphatic rings. The van der Waals surface area contributed by atoms with E-state index in [2.05, 4.69) is 0 Å². The van der Waals surface area contributed by atoms with E-state index < -0.39 is 5.97 Å². The highest BCUT2D eigenvalue weighted by Gasteiger charge is 2.34. The Bertz CT molecular complexity index is 196. The van der Waals surface area contributed by atoms with Crippen molar-refractivity contribution in [3.63, 3.8) is 0 Å². The molecule has 0 amide bonds. The van der Waals surface area contributed by atoms with Gasteiger partial charge in [0.15, 0.2) is 6.04 Å². The second-order valence-corrected chi connectivity index (χ2v) is 3.52. The molecule has 3 heteroatoms. The van der Waals surface area contributed by atoms with Gasteiger partial charge < -0.3 is 9.59 Å². The monoisotopic (exact) mass is 156 g/mol. The molecule has 0 saturated carbocycles. The zero-order chi connectivity index (χ0) is 8.48. The van der Waals surface area contributed by atoms with E-state index in [1.165, 1.54) is 0 Å². The average Bonchev–Trinajstić information content (AvgIpc) is 1.85. The molecule has 11 heavy (non-hydrogen) atoms. The van der Waals surface area contributed by atoms with Gasteiger partial charge >= 0.3 is 5.97 Å². The number of carboxylic acid groups (broad SMARTS) is 1. The van der Waals surface area contributed by atoms with Crippen molar-refractivity contribution in [2.24, 2.45) is 0 Å². The van der Waals surface area contributed by atoms with E-state index in [0.717, 1.165) is 6.54 Å². The number of aliphatic carboxylic acids is 1. The van der Waals surface area contributed by atoms with Crippen molar-refractivity contribution in [2.75, 3.05) is 20.6 Å². The molecule has 0 radical (unpaired) electrons. The fraction of sp³-hybridized carbons (Fsp3) is 0.625. The molecule has 0 aliphatic carbocycles. The molecule has 0 aromatic heterocycles. The first-order valence-corrected chi connectivity index (χ1v) is 3.74. The maximum Gasteiger partial charge on any atom is 0.362 e. The van der Waals surface area contributed by atoms with Crippen LogP contribution in [0.4, 0.5) is 0 Å². The Morgan fingerprint density at radius 2 is 2.18 bits per heavy atom. The van der Waals surface area contributed by atoms with Crippen LogP contribution in [0.1, 0.15) is 6.42 Å². The lowest BCUT2D eigenvalue weighted by Crippen LogP contribution is -2.54. The van der Waals surface area contributed by atoms with Gasteiger partial charge in [0.2, 0.25) is 0 Å². The largest absolute Gasteiger partial charge is 0.477 e. The number of hydrogen-bond acceptors (Lipinski definition) is 1. The SMILES string of the molecule is C[N+]1(C)CC=CC[C@H]1C(=O)O. The van der Waals surface area contributed by atoms with E-state index in [9.17, 15) is 4.79 Å². The number of quaternary nitrogens is 1. The molecule has 0 spiro atoms. The van der Waals surface area contributed by atoms with Crippen molar-refractivity contribution in [3.05, 3.63) is 12.2 Å². The molecule has 1 N–H and O–H groups in total. The molecule has 1 heterocycles. The minimum Gasteiger partial charge on any atom is -0.477 e. The van der Waals surface area contributed by atoms with Crippen LogP contribution in [0.3, 0.4) is 0 Å². The van der Waals surface area contributed by atoms with Crippen LogP contribution in [0.15, 0.2) is 12.2 Å². The number of nitrogens with zero attached hydrogens (tertiary/aromatic N) is 1. The lowest BCUT2D eigenvalue weighted by molar-refractivity contribution is -0.902. The van der Waals surface area contributed by atoms with Gasteiger partial charge in [0.25, 0.3) is 0 Å². The van der Waals surface area contributed by atoms with E-state index in [4.69, 9.17) is 5.11 Å². The van der Waals surface area contributed by atoms with Gasteiger partial charge in [0.1, 0.15) is 0 Å². The second kappa shape index (κ2) is 2.66. The van der Waals surface area contributed by atoms with E-state index in [-0.39, 0.29) is 6.04 Å². The summed E-state index contributed by atoms with van der Waals surface area (Å²) in [4.78, 5) is 10.7. The summed E-state index contributed by atoms with van der Waals surface area (Å²) in [6, 6.07) is -0.264. The molecule has 0 bridgehead atoms. The first-order chi connectivity index (χ1) is 5.04. The smallest absolute Gasteiger partial charge is 0.362 e. The van der Waals surface area contributed by atoms with Gasteiger partial charge in [-0.2, -0.15) is 0 Å². The molecule has 0 aromatic rings. The molecular formula is C8H14NO2+. The van der Waals surface area contributed by atoms with Gasteiger partial charge in [-0.15, -0.1) is 0 Å². The van der Waals surface area contributed by atoms with E-state index in [1.807, 2.05) is 26.2 Å². The third kappa shape index (κ3) is 1.60. The molecule has 0 fully saturated rings. The Kier molecular flexibility index (Phi) is 2.00. The van der Waals surface area contributed by atoms with Gasteiger partial charge in [-0.25, -0.2) is 4.79 Å². The van der Waals surface area contributed by atoms with Gasteiger partial charge in [-0.1, -0.05) is 6.08 Å². The summed E-state index contributed by atoms with van der Waals surface area (Å²) < 4.78 is 0.561. The maximum absolute atomic E-state index is 10.7. The number of likely N-dealkylation sites (N-methyl/N-ethyl adjacent to an activating group) is 1. The van der Waals surface area contributed by atoms with Gasteiger partial charge in [0.05, 0.1) is 20.6 Å². The Hall–Kier alpha value is -0.830. The van der Waals surface area contributed by atoms with Crippen LogP contribution < -0.4 is 0 Å². The molecule has 1 rings (SSSR count). The lowest BCUT2D eigenvalue weighted by Gasteiger charge is -2.36. The third-order valence-corrected chi connectivity index (χ3v) is 2.23. The number of rotatable bonds is 1. The predicted octanol–water partition coefficient (Wildman–Crippen LogP) is 0.476. The van der Waals surface area contributed by atoms with E-state index >= 15 is 0 Å². The van der Waals surface area contributed by atoms with Crippen molar-refractivity contribution in [3.8, 4) is 0 Å². The van der Waals surface area contributed by atoms with Crippen molar-refractivity contribution < 1.29 is 14.4 Å². The van der Waals surface area contributed by atoms with Crippen molar-refractivity contribution in [2.45, 2.75) is 12.5 Å². The number of carboxylic acids is 1. The summed E-state index contributed by atoms with van der Waals surface area (Å²) in [5, 5.41) is 8.82. The highest BCUT2D eigenvalue weighted by atomic mass is 16.4. The van der Waals surface area contributed by atoms with Crippen LogP contribution in [0.5, 0.6) is 0 Å². The van der Waals surface area contributed by atoms with Crippen LogP contribution in [0.2, 0.25) is 0 Å². The minimum absolute atomic E-state index is 0.264. The molecule has 0 saturated heterocycles. The molecule has 3 nitrogen and oxygen atoms in total. The molecule has 1 aliphatic heterocycles. The van der Waals surface area contributed by atoms with Gasteiger partial charge in [-0.05, 0) is 6.08 Å². The Balaban J connectivity index is 2.78. The fourth-order valence-electron chi connectivity index (χ4n) is 1.38. The zero-order valence-electron chi connectivity index (χ0n) is 6.95. The second-order valence-electron chi connectivity index (χ2n) is 3.52. The lowest BCUT2D eigenvalue weighted by atomic mass is 10.1. The zero-order valence-corrected chi connectivity index (χ0v) is 6.95. The van der Waals surface area contributed by atoms with Crippen LogP contribution in [-0.2, 0) is 4.79 Å². The highest BCUT2D eigenvalue weighted by molar-refractivity contribution is 5.72. The van der Waals surface area contributed by atoms with Crippen molar-refractivity contribution >= 4 is 5.97 Å². The Morgan fingerprint density at radius 3 is 2.55 bits per heavy atom. The summed E-state index contributed by atoms with van der Waals surface area (Å²) in [6.07, 6.45) is 4.64. The van der Waals surface area contributed by atoms with Crippen LogP contribution in [0, 0.1) is 0 Å². The molecule has 1 atom stereocenters. The topological polar surface area (TPSA) is 37.3 Å². The van der Waals surface area contributed by atoms with Gasteiger partial charge in [0, 0.05) is 6.42 Å². The van der Waals surface area contributed by atoms with E-state index in [0.29, 0.717) is 10.9 Å². The summed E-state index contributed by atoms with van der Waals surface area (Å²) in [7, 11) is 3.89. The van der Waals surface area contributed by atoms with Crippen molar-refractivity contribution in [1.82, 2.24) is 0 Å². The first kappa shape index (κ1) is 8.27. The van der Waals surface area contributed by atoms with Crippen LogP contribution in [0.25, 0.3) is 0 Å². The standard InChI is InChI=1S/C8H13NO2/c1-9(2)6-4-3-5-7(9)8(10)11/h3-4,7H,5-6H2,1-2H3/p+1/t7-/m0/s1. The van der Waals surface area contributed by atoms with Crippen LogP contribution >= 0.6 is 0 Å². The normalized spacial score (nSPS) is 28.4. The van der Waals surface area contributed by atoms with E-state index in [1.54, 1.807) is 0 Å². The Morgan fingerprint density at radius 1 is 1.55 bits per heavy atom. The number of carbonyl (C=O) groups is 1. The third-order valence-electron chi connectivity index (χ3n) is 2.23. The molecule has 0 aromatic carbocycles. The fourth-order valence-corrected chi connectivity index (χ4v) is 1.38. The Labute approximate surface area is 66.5 Å². The summed E-state index contributed by atoms with van der Waals surface area (Å²) in [5.41, 5.74) is 0. The van der Waals surface area contributed by atoms with Crippen LogP contribution in [-0.4, -0.2) is 42.2 Å².